The third-order valence-corrected chi connectivity index (χ3v) is 7.75. The van der Waals surface area contributed by atoms with Gasteiger partial charge in [0.25, 0.3) is 5.56 Å². The Hall–Kier alpha value is -2.94. The second-order valence-electron chi connectivity index (χ2n) is 8.93. The number of hydrogen-bond acceptors (Lipinski definition) is 5. The summed E-state index contributed by atoms with van der Waals surface area (Å²) in [6, 6.07) is 21.9. The zero-order valence-electron chi connectivity index (χ0n) is 18.9. The summed E-state index contributed by atoms with van der Waals surface area (Å²) in [5.74, 6) is 0.780. The Kier molecular flexibility index (Phi) is 5.55. The first-order valence-electron chi connectivity index (χ1n) is 11.4. The lowest BCUT2D eigenvalue weighted by atomic mass is 9.96. The zero-order valence-corrected chi connectivity index (χ0v) is 22.1. The first kappa shape index (κ1) is 22.5. The van der Waals surface area contributed by atoms with Gasteiger partial charge in [0.15, 0.2) is 0 Å². The number of aryl methyl sites for hydroxylation is 2. The van der Waals surface area contributed by atoms with Gasteiger partial charge in [-0.15, -0.1) is 0 Å². The summed E-state index contributed by atoms with van der Waals surface area (Å²) in [5.41, 5.74) is 6.10. The fourth-order valence-electron chi connectivity index (χ4n) is 4.99. The Balaban J connectivity index is 1.44. The van der Waals surface area contributed by atoms with Crippen molar-refractivity contribution in [2.75, 3.05) is 12.1 Å². The molecule has 6 nitrogen and oxygen atoms in total. The van der Waals surface area contributed by atoms with Gasteiger partial charge in [-0.3, -0.25) is 4.79 Å². The van der Waals surface area contributed by atoms with Crippen molar-refractivity contribution in [2.45, 2.75) is 25.7 Å². The molecule has 1 atom stereocenters. The van der Waals surface area contributed by atoms with E-state index in [0.717, 1.165) is 54.5 Å². The molecule has 1 aromatic heterocycles. The molecule has 8 heteroatoms. The number of halogens is 2. The number of likely N-dealkylation sites (N-methyl/N-ethyl adjacent to an activating group) is 1. The van der Waals surface area contributed by atoms with Crippen LogP contribution in [0.5, 0.6) is 0 Å². The molecule has 1 N–H and O–H groups in total. The normalized spacial score (nSPS) is 16.9. The first-order chi connectivity index (χ1) is 16.9. The lowest BCUT2D eigenvalue weighted by Gasteiger charge is -2.24. The van der Waals surface area contributed by atoms with Crippen molar-refractivity contribution in [3.8, 4) is 11.1 Å². The molecule has 6 rings (SSSR count). The van der Waals surface area contributed by atoms with E-state index in [1.165, 1.54) is 5.56 Å². The maximum Gasteiger partial charge on any atom is 0.251 e. The van der Waals surface area contributed by atoms with Crippen molar-refractivity contribution in [1.82, 2.24) is 9.47 Å². The molecular formula is C27H22Br2N4O2. The first-order valence-corrected chi connectivity index (χ1v) is 13.0. The van der Waals surface area contributed by atoms with E-state index in [4.69, 9.17) is 5.10 Å². The molecule has 0 aliphatic carbocycles. The second-order valence-corrected chi connectivity index (χ2v) is 10.8. The number of rotatable bonds is 4. The van der Waals surface area contributed by atoms with E-state index in [0.29, 0.717) is 13.0 Å². The van der Waals surface area contributed by atoms with Crippen molar-refractivity contribution >= 4 is 54.3 Å². The molecule has 2 aliphatic rings. The van der Waals surface area contributed by atoms with E-state index in [-0.39, 0.29) is 5.56 Å². The predicted molar refractivity (Wildman–Crippen MR) is 147 cm³/mol. The lowest BCUT2D eigenvalue weighted by molar-refractivity contribution is 0.0802. The summed E-state index contributed by atoms with van der Waals surface area (Å²) in [4.78, 5) is 14.7. The van der Waals surface area contributed by atoms with Gasteiger partial charge in [-0.25, -0.2) is 5.01 Å². The minimum atomic E-state index is -0.871. The fraction of sp³-hybridized carbons (Fsp3) is 0.185. The summed E-state index contributed by atoms with van der Waals surface area (Å²) < 4.78 is 3.83. The smallest absolute Gasteiger partial charge is 0.251 e. The van der Waals surface area contributed by atoms with Crippen LogP contribution in [-0.4, -0.2) is 33.8 Å². The van der Waals surface area contributed by atoms with Crippen LogP contribution in [0.2, 0.25) is 0 Å². The van der Waals surface area contributed by atoms with Crippen LogP contribution in [0.25, 0.3) is 22.0 Å². The van der Waals surface area contributed by atoms with E-state index in [1.807, 2.05) is 60.1 Å². The van der Waals surface area contributed by atoms with Gasteiger partial charge in [-0.2, -0.15) is 5.10 Å². The molecule has 3 aromatic carbocycles. The monoisotopic (exact) mass is 592 g/mol. The van der Waals surface area contributed by atoms with Crippen LogP contribution < -0.4 is 10.6 Å². The van der Waals surface area contributed by atoms with Crippen molar-refractivity contribution in [1.29, 1.82) is 0 Å². The number of benzene rings is 3. The molecule has 35 heavy (non-hydrogen) atoms. The van der Waals surface area contributed by atoms with Gasteiger partial charge in [0.1, 0.15) is 5.84 Å². The molecule has 2 aliphatic heterocycles. The third-order valence-electron chi connectivity index (χ3n) is 6.73. The fourth-order valence-corrected chi connectivity index (χ4v) is 5.65. The Bertz CT molecular complexity index is 1560. The Labute approximate surface area is 219 Å². The van der Waals surface area contributed by atoms with Crippen molar-refractivity contribution in [3.63, 3.8) is 0 Å². The number of aliphatic hydroxyl groups is 1. The molecule has 0 bridgehead atoms. The van der Waals surface area contributed by atoms with E-state index >= 15 is 0 Å². The number of hydrogen-bond donors (Lipinski definition) is 1. The number of pyridine rings is 1. The molecule has 0 saturated heterocycles. The molecule has 0 saturated carbocycles. The van der Waals surface area contributed by atoms with Gasteiger partial charge in [0, 0.05) is 40.4 Å². The number of aromatic nitrogens is 1. The molecule has 0 radical (unpaired) electrons. The van der Waals surface area contributed by atoms with E-state index in [2.05, 4.69) is 44.0 Å². The molecule has 1 unspecified atom stereocenters. The van der Waals surface area contributed by atoms with Gasteiger partial charge < -0.3 is 14.6 Å². The zero-order chi connectivity index (χ0) is 24.3. The molecule has 3 heterocycles. The molecule has 176 valence electrons. The second kappa shape index (κ2) is 8.62. The summed E-state index contributed by atoms with van der Waals surface area (Å²) >= 11 is 7.02. The van der Waals surface area contributed by atoms with Crippen LogP contribution in [0, 0.1) is 0 Å². The standard InChI is InChI=1S/C27H22Br2N4O2/c1-31-24(30-33(27(31)35)21-7-5-19(28)6-8-21)13-16-11-18-9-10-32-25(34)15-22(23(12-16)26(18)32)17-3-2-4-20(29)14-17/h2-8,11-12,14-15,27,35H,9-10,13H2,1H3. The van der Waals surface area contributed by atoms with Gasteiger partial charge >= 0.3 is 0 Å². The van der Waals surface area contributed by atoms with Gasteiger partial charge in [-0.1, -0.05) is 50.1 Å². The Morgan fingerprint density at radius 3 is 2.60 bits per heavy atom. The SMILES string of the molecule is CN1C(Cc2cc3c4c(c2)c(-c2cccc(Br)c2)cc(=O)n4CC3)=NN(c2ccc(Br)cc2)C1O. The minimum Gasteiger partial charge on any atom is -0.355 e. The Morgan fingerprint density at radius 1 is 1.03 bits per heavy atom. The number of aliphatic hydroxyl groups excluding tert-OH is 1. The predicted octanol–water partition coefficient (Wildman–Crippen LogP) is 5.33. The number of amidine groups is 1. The average Bonchev–Trinajstić information content (AvgIpc) is 3.39. The summed E-state index contributed by atoms with van der Waals surface area (Å²) in [6.45, 7) is 0.698. The van der Waals surface area contributed by atoms with Crippen LogP contribution in [0.3, 0.4) is 0 Å². The molecule has 0 spiro atoms. The van der Waals surface area contributed by atoms with Crippen LogP contribution in [0.4, 0.5) is 5.69 Å². The highest BCUT2D eigenvalue weighted by Crippen LogP contribution is 2.35. The maximum atomic E-state index is 12.9. The molecule has 0 fully saturated rings. The van der Waals surface area contributed by atoms with Crippen LogP contribution in [-0.2, 0) is 19.4 Å². The quantitative estimate of drug-likeness (QED) is 0.347. The van der Waals surface area contributed by atoms with Crippen LogP contribution >= 0.6 is 31.9 Å². The van der Waals surface area contributed by atoms with Gasteiger partial charge in [-0.05, 0) is 71.1 Å². The van der Waals surface area contributed by atoms with Crippen molar-refractivity contribution < 1.29 is 5.11 Å². The summed E-state index contributed by atoms with van der Waals surface area (Å²) in [6.07, 6.45) is 0.530. The summed E-state index contributed by atoms with van der Waals surface area (Å²) in [5, 5.41) is 18.3. The van der Waals surface area contributed by atoms with E-state index < -0.39 is 6.35 Å². The lowest BCUT2D eigenvalue weighted by Crippen LogP contribution is -2.39. The van der Waals surface area contributed by atoms with Crippen LogP contribution in [0.15, 0.2) is 85.6 Å². The van der Waals surface area contributed by atoms with Gasteiger partial charge in [0.2, 0.25) is 6.35 Å². The average molecular weight is 594 g/mol. The number of hydrazone groups is 1. The highest BCUT2D eigenvalue weighted by atomic mass is 79.9. The third kappa shape index (κ3) is 3.90. The van der Waals surface area contributed by atoms with Crippen LogP contribution in [0.1, 0.15) is 11.1 Å². The molecular weight excluding hydrogens is 572 g/mol. The van der Waals surface area contributed by atoms with E-state index in [1.54, 1.807) is 16.0 Å². The Morgan fingerprint density at radius 2 is 1.83 bits per heavy atom. The molecule has 4 aromatic rings. The maximum absolute atomic E-state index is 12.9. The number of nitrogens with zero attached hydrogens (tertiary/aromatic N) is 4. The highest BCUT2D eigenvalue weighted by Gasteiger charge is 2.31. The topological polar surface area (TPSA) is 61.1 Å². The largest absolute Gasteiger partial charge is 0.355 e. The highest BCUT2D eigenvalue weighted by molar-refractivity contribution is 9.10. The minimum absolute atomic E-state index is 0.0344. The van der Waals surface area contributed by atoms with E-state index in [9.17, 15) is 9.90 Å². The molecule has 0 amide bonds. The number of anilines is 1. The van der Waals surface area contributed by atoms with Crippen molar-refractivity contribution in [2.24, 2.45) is 5.10 Å². The van der Waals surface area contributed by atoms with Gasteiger partial charge in [0.05, 0.1) is 11.2 Å². The van der Waals surface area contributed by atoms with Crippen molar-refractivity contribution in [3.05, 3.63) is 97.2 Å². The summed E-state index contributed by atoms with van der Waals surface area (Å²) in [7, 11) is 1.85.